The van der Waals surface area contributed by atoms with Crippen LogP contribution in [-0.2, 0) is 0 Å². The Balaban J connectivity index is 1.82. The number of para-hydroxylation sites is 2. The van der Waals surface area contributed by atoms with Gasteiger partial charge in [0.1, 0.15) is 17.4 Å². The monoisotopic (exact) mass is 355 g/mol. The number of fused-ring (bicyclic) bond motifs is 2. The summed E-state index contributed by atoms with van der Waals surface area (Å²) in [6, 6.07) is 11.3. The summed E-state index contributed by atoms with van der Waals surface area (Å²) in [6.45, 7) is 6.23. The molecule has 1 aromatic heterocycles. The van der Waals surface area contributed by atoms with Crippen molar-refractivity contribution in [2.24, 2.45) is 0 Å². The number of rotatable bonds is 1. The van der Waals surface area contributed by atoms with Crippen molar-refractivity contribution < 1.29 is 13.9 Å². The molecule has 2 aromatic carbocycles. The molecule has 128 valence electrons. The van der Waals surface area contributed by atoms with Crippen LogP contribution in [-0.4, -0.2) is 18.6 Å². The second-order valence-corrected chi connectivity index (χ2v) is 6.87. The van der Waals surface area contributed by atoms with Crippen molar-refractivity contribution in [3.05, 3.63) is 58.3 Å². The Hall–Kier alpha value is -2.46. The third kappa shape index (κ3) is 2.57. The lowest BCUT2D eigenvalue weighted by Gasteiger charge is -2.33. The Morgan fingerprint density at radius 3 is 2.80 bits per heavy atom. The van der Waals surface area contributed by atoms with Gasteiger partial charge in [0, 0.05) is 16.0 Å². The van der Waals surface area contributed by atoms with Gasteiger partial charge in [0.25, 0.3) is 5.91 Å². The lowest BCUT2D eigenvalue weighted by atomic mass is 10.1. The standard InChI is InChI=1S/C20H18ClNO3/c1-11-8-18-14(9-15(11)21)13(3)19(25-18)20(23)22-10-12(2)24-17-7-5-4-6-16(17)22/h4-9,12H,10H2,1-3H3/t12-/m1/s1. The van der Waals surface area contributed by atoms with Gasteiger partial charge in [0.2, 0.25) is 0 Å². The summed E-state index contributed by atoms with van der Waals surface area (Å²) >= 11 is 6.23. The molecule has 0 bridgehead atoms. The minimum Gasteiger partial charge on any atom is -0.487 e. The molecule has 0 saturated heterocycles. The first-order valence-corrected chi connectivity index (χ1v) is 8.60. The van der Waals surface area contributed by atoms with Crippen LogP contribution in [0.1, 0.15) is 28.6 Å². The number of carbonyl (C=O) groups is 1. The number of benzene rings is 2. The van der Waals surface area contributed by atoms with Crippen LogP contribution in [0.2, 0.25) is 5.02 Å². The predicted octanol–water partition coefficient (Wildman–Crippen LogP) is 5.13. The smallest absolute Gasteiger partial charge is 0.294 e. The number of anilines is 1. The molecule has 0 radical (unpaired) electrons. The number of hydrogen-bond acceptors (Lipinski definition) is 3. The number of hydrogen-bond donors (Lipinski definition) is 0. The fourth-order valence-electron chi connectivity index (χ4n) is 3.25. The van der Waals surface area contributed by atoms with Crippen LogP contribution in [0.15, 0.2) is 40.8 Å². The third-order valence-electron chi connectivity index (χ3n) is 4.58. The van der Waals surface area contributed by atoms with Crippen LogP contribution >= 0.6 is 11.6 Å². The summed E-state index contributed by atoms with van der Waals surface area (Å²) in [5.74, 6) is 0.896. The van der Waals surface area contributed by atoms with Gasteiger partial charge >= 0.3 is 0 Å². The maximum atomic E-state index is 13.2. The Labute approximate surface area is 150 Å². The molecule has 3 aromatic rings. The van der Waals surface area contributed by atoms with E-state index in [0.717, 1.165) is 22.2 Å². The first-order valence-electron chi connectivity index (χ1n) is 8.22. The molecule has 0 unspecified atom stereocenters. The Morgan fingerprint density at radius 1 is 1.24 bits per heavy atom. The number of furan rings is 1. The second-order valence-electron chi connectivity index (χ2n) is 6.47. The van der Waals surface area contributed by atoms with E-state index in [0.29, 0.717) is 28.7 Å². The lowest BCUT2D eigenvalue weighted by molar-refractivity contribution is 0.0935. The minimum atomic E-state index is -0.162. The number of ether oxygens (including phenoxy) is 1. The molecule has 1 atom stereocenters. The van der Waals surface area contributed by atoms with Crippen LogP contribution in [0.4, 0.5) is 5.69 Å². The second kappa shape index (κ2) is 5.81. The van der Waals surface area contributed by atoms with Gasteiger partial charge in [-0.2, -0.15) is 0 Å². The fraction of sp³-hybridized carbons (Fsp3) is 0.250. The van der Waals surface area contributed by atoms with Gasteiger partial charge in [-0.1, -0.05) is 23.7 Å². The molecular weight excluding hydrogens is 338 g/mol. The average Bonchev–Trinajstić information content (AvgIpc) is 2.90. The topological polar surface area (TPSA) is 42.7 Å². The highest BCUT2D eigenvalue weighted by atomic mass is 35.5. The van der Waals surface area contributed by atoms with E-state index < -0.39 is 0 Å². The van der Waals surface area contributed by atoms with Crippen molar-refractivity contribution >= 4 is 34.2 Å². The van der Waals surface area contributed by atoms with E-state index in [4.69, 9.17) is 20.8 Å². The number of nitrogens with zero attached hydrogens (tertiary/aromatic N) is 1. The molecule has 0 spiro atoms. The van der Waals surface area contributed by atoms with Crippen molar-refractivity contribution in [1.29, 1.82) is 0 Å². The molecule has 0 N–H and O–H groups in total. The average molecular weight is 356 g/mol. The molecule has 4 nitrogen and oxygen atoms in total. The van der Waals surface area contributed by atoms with Gasteiger partial charge in [0.05, 0.1) is 12.2 Å². The van der Waals surface area contributed by atoms with Crippen LogP contribution < -0.4 is 9.64 Å². The number of carbonyl (C=O) groups excluding carboxylic acids is 1. The normalized spacial score (nSPS) is 16.6. The highest BCUT2D eigenvalue weighted by Crippen LogP contribution is 2.36. The molecule has 5 heteroatoms. The number of aryl methyl sites for hydroxylation is 2. The van der Waals surface area contributed by atoms with Gasteiger partial charge in [-0.05, 0) is 50.6 Å². The fourth-order valence-corrected chi connectivity index (χ4v) is 3.41. The largest absolute Gasteiger partial charge is 0.487 e. The quantitative estimate of drug-likeness (QED) is 0.607. The molecule has 0 aliphatic carbocycles. The Morgan fingerprint density at radius 2 is 2.00 bits per heavy atom. The van der Waals surface area contributed by atoms with Gasteiger partial charge < -0.3 is 9.15 Å². The van der Waals surface area contributed by atoms with Crippen molar-refractivity contribution in [3.63, 3.8) is 0 Å². The molecule has 4 rings (SSSR count). The van der Waals surface area contributed by atoms with E-state index in [1.807, 2.05) is 57.2 Å². The molecule has 0 saturated carbocycles. The summed E-state index contributed by atoms with van der Waals surface area (Å²) in [5, 5.41) is 1.54. The van der Waals surface area contributed by atoms with Gasteiger partial charge in [-0.15, -0.1) is 0 Å². The molecule has 1 aliphatic rings. The number of halogens is 1. The van der Waals surface area contributed by atoms with Crippen LogP contribution in [0.5, 0.6) is 5.75 Å². The Bertz CT molecular complexity index is 992. The molecular formula is C20H18ClNO3. The summed E-state index contributed by atoms with van der Waals surface area (Å²) in [4.78, 5) is 14.9. The van der Waals surface area contributed by atoms with Crippen molar-refractivity contribution in [3.8, 4) is 5.75 Å². The van der Waals surface area contributed by atoms with E-state index in [-0.39, 0.29) is 12.0 Å². The van der Waals surface area contributed by atoms with Crippen molar-refractivity contribution in [1.82, 2.24) is 0 Å². The maximum absolute atomic E-state index is 13.2. The zero-order valence-electron chi connectivity index (χ0n) is 14.3. The van der Waals surface area contributed by atoms with Crippen LogP contribution in [0.3, 0.4) is 0 Å². The molecule has 0 fully saturated rings. The van der Waals surface area contributed by atoms with Gasteiger partial charge in [0.15, 0.2) is 5.76 Å². The van der Waals surface area contributed by atoms with Crippen LogP contribution in [0, 0.1) is 13.8 Å². The molecule has 25 heavy (non-hydrogen) atoms. The maximum Gasteiger partial charge on any atom is 0.294 e. The van der Waals surface area contributed by atoms with E-state index in [1.54, 1.807) is 4.90 Å². The van der Waals surface area contributed by atoms with E-state index >= 15 is 0 Å². The molecule has 1 aliphatic heterocycles. The van der Waals surface area contributed by atoms with Crippen molar-refractivity contribution in [2.45, 2.75) is 26.9 Å². The van der Waals surface area contributed by atoms with E-state index in [2.05, 4.69) is 0 Å². The zero-order chi connectivity index (χ0) is 17.7. The SMILES string of the molecule is Cc1cc2oc(C(=O)N3C[C@@H](C)Oc4ccccc43)c(C)c2cc1Cl. The lowest BCUT2D eigenvalue weighted by Crippen LogP contribution is -2.42. The predicted molar refractivity (Wildman–Crippen MR) is 98.9 cm³/mol. The molecule has 2 heterocycles. The van der Waals surface area contributed by atoms with Crippen molar-refractivity contribution in [2.75, 3.05) is 11.4 Å². The number of amides is 1. The third-order valence-corrected chi connectivity index (χ3v) is 4.99. The van der Waals surface area contributed by atoms with E-state index in [9.17, 15) is 4.79 Å². The minimum absolute atomic E-state index is 0.0831. The van der Waals surface area contributed by atoms with Gasteiger partial charge in [-0.25, -0.2) is 0 Å². The highest BCUT2D eigenvalue weighted by molar-refractivity contribution is 6.32. The first kappa shape index (κ1) is 16.0. The summed E-state index contributed by atoms with van der Waals surface area (Å²) in [7, 11) is 0. The Kier molecular flexibility index (Phi) is 3.73. The van der Waals surface area contributed by atoms with Gasteiger partial charge in [-0.3, -0.25) is 9.69 Å². The highest BCUT2D eigenvalue weighted by Gasteiger charge is 2.31. The summed E-state index contributed by atoms with van der Waals surface area (Å²) < 4.78 is 11.7. The van der Waals surface area contributed by atoms with Crippen LogP contribution in [0.25, 0.3) is 11.0 Å². The summed E-state index contributed by atoms with van der Waals surface area (Å²) in [6.07, 6.45) is -0.0831. The summed E-state index contributed by atoms with van der Waals surface area (Å²) in [5.41, 5.74) is 3.17. The first-order chi connectivity index (χ1) is 12.0. The molecule has 1 amide bonds. The van der Waals surface area contributed by atoms with E-state index in [1.165, 1.54) is 0 Å². The zero-order valence-corrected chi connectivity index (χ0v) is 15.1.